The first-order chi connectivity index (χ1) is 19.6. The van der Waals surface area contributed by atoms with Gasteiger partial charge in [0.2, 0.25) is 0 Å². The third kappa shape index (κ3) is 7.53. The van der Waals surface area contributed by atoms with Crippen molar-refractivity contribution in [3.8, 4) is 0 Å². The molecule has 0 bridgehead atoms. The Balaban J connectivity index is 1.09. The second-order valence-corrected chi connectivity index (χ2v) is 9.26. The predicted molar refractivity (Wildman–Crippen MR) is 155 cm³/mol. The fourth-order valence-electron chi connectivity index (χ4n) is 4.19. The minimum Gasteiger partial charge on any atom is -0.356 e. The standard InChI is InChI=1S/C28H32N10O2/c39-25(37-21-5-1-19(2-6-21)9-11-29-27-31-13-14-32-27)23-17-24(36-18-35-23)26(40)38-22-7-3-20(4-8-22)10-12-30-28-33-15-16-34-28/h1-8,17-18H,9-16H2,(H,37,39)(H,38,40)(H2,29,31,32)(H2,30,33,34). The molecule has 0 saturated heterocycles. The predicted octanol–water partition coefficient (Wildman–Crippen LogP) is 1.16. The Morgan fingerprint density at radius 3 is 1.52 bits per heavy atom. The number of guanidine groups is 2. The van der Waals surface area contributed by atoms with E-state index in [4.69, 9.17) is 0 Å². The van der Waals surface area contributed by atoms with E-state index in [1.807, 2.05) is 48.5 Å². The van der Waals surface area contributed by atoms with Gasteiger partial charge in [-0.3, -0.25) is 19.6 Å². The summed E-state index contributed by atoms with van der Waals surface area (Å²) in [5, 5.41) is 18.5. The quantitative estimate of drug-likeness (QED) is 0.224. The third-order valence-electron chi connectivity index (χ3n) is 6.32. The van der Waals surface area contributed by atoms with Crippen molar-refractivity contribution in [2.45, 2.75) is 12.8 Å². The zero-order chi connectivity index (χ0) is 27.6. The molecule has 1 aromatic heterocycles. The molecule has 2 aliphatic rings. The van der Waals surface area contributed by atoms with E-state index in [-0.39, 0.29) is 11.4 Å². The van der Waals surface area contributed by atoms with Crippen LogP contribution in [0.15, 0.2) is 70.9 Å². The van der Waals surface area contributed by atoms with E-state index in [0.717, 1.165) is 75.2 Å². The van der Waals surface area contributed by atoms with Crippen LogP contribution in [-0.4, -0.2) is 73.0 Å². The van der Waals surface area contributed by atoms with Gasteiger partial charge >= 0.3 is 0 Å². The summed E-state index contributed by atoms with van der Waals surface area (Å²) in [4.78, 5) is 42.3. The lowest BCUT2D eigenvalue weighted by atomic mass is 10.1. The van der Waals surface area contributed by atoms with E-state index in [1.54, 1.807) is 0 Å². The van der Waals surface area contributed by atoms with Crippen molar-refractivity contribution >= 4 is 35.1 Å². The van der Waals surface area contributed by atoms with E-state index < -0.39 is 11.8 Å². The highest BCUT2D eigenvalue weighted by Gasteiger charge is 2.14. The van der Waals surface area contributed by atoms with Crippen molar-refractivity contribution in [3.05, 3.63) is 83.4 Å². The molecule has 12 nitrogen and oxygen atoms in total. The number of nitrogens with zero attached hydrogens (tertiary/aromatic N) is 4. The van der Waals surface area contributed by atoms with Gasteiger partial charge in [-0.05, 0) is 48.2 Å². The van der Waals surface area contributed by atoms with Crippen molar-refractivity contribution in [2.24, 2.45) is 9.98 Å². The molecule has 0 radical (unpaired) electrons. The summed E-state index contributed by atoms with van der Waals surface area (Å²) in [6, 6.07) is 16.6. The van der Waals surface area contributed by atoms with Crippen LogP contribution >= 0.6 is 0 Å². The van der Waals surface area contributed by atoms with Crippen LogP contribution in [0, 0.1) is 0 Å². The Hall–Kier alpha value is -5.00. The number of carbonyl (C=O) groups excluding carboxylic acids is 2. The van der Waals surface area contributed by atoms with E-state index in [9.17, 15) is 9.59 Å². The monoisotopic (exact) mass is 540 g/mol. The second kappa shape index (κ2) is 13.2. The van der Waals surface area contributed by atoms with E-state index in [1.165, 1.54) is 12.4 Å². The zero-order valence-electron chi connectivity index (χ0n) is 22.0. The van der Waals surface area contributed by atoms with Crippen LogP contribution in [0.25, 0.3) is 0 Å². The van der Waals surface area contributed by atoms with Crippen LogP contribution in [-0.2, 0) is 12.8 Å². The molecule has 2 amide bonds. The topological polar surface area (TPSA) is 157 Å². The third-order valence-corrected chi connectivity index (χ3v) is 6.32. The normalized spacial score (nSPS) is 13.9. The van der Waals surface area contributed by atoms with Crippen molar-refractivity contribution in [1.29, 1.82) is 0 Å². The van der Waals surface area contributed by atoms with Gasteiger partial charge in [0.05, 0.1) is 13.1 Å². The lowest BCUT2D eigenvalue weighted by Crippen LogP contribution is -2.34. The van der Waals surface area contributed by atoms with Gasteiger partial charge in [0, 0.05) is 43.6 Å². The molecule has 5 rings (SSSR count). The molecule has 2 aromatic carbocycles. The number of anilines is 2. The van der Waals surface area contributed by atoms with Crippen LogP contribution in [0.3, 0.4) is 0 Å². The molecule has 6 N–H and O–H groups in total. The number of carbonyl (C=O) groups is 2. The number of rotatable bonds is 10. The van der Waals surface area contributed by atoms with Gasteiger partial charge in [0.15, 0.2) is 11.9 Å². The molecule has 0 saturated carbocycles. The summed E-state index contributed by atoms with van der Waals surface area (Å²) in [5.41, 5.74) is 3.73. The molecule has 206 valence electrons. The smallest absolute Gasteiger partial charge is 0.274 e. The Kier molecular flexibility index (Phi) is 8.77. The van der Waals surface area contributed by atoms with Crippen molar-refractivity contribution in [3.63, 3.8) is 0 Å². The first-order valence-corrected chi connectivity index (χ1v) is 13.3. The van der Waals surface area contributed by atoms with Gasteiger partial charge in [-0.25, -0.2) is 9.97 Å². The van der Waals surface area contributed by atoms with Gasteiger partial charge < -0.3 is 31.9 Å². The molecule has 3 aromatic rings. The maximum Gasteiger partial charge on any atom is 0.274 e. The SMILES string of the molecule is O=C(Nc1ccc(CCNC2=NCCN2)cc1)c1cc(C(=O)Nc2ccc(CCNC3=NCCN3)cc2)ncn1. The summed E-state index contributed by atoms with van der Waals surface area (Å²) in [6.45, 7) is 4.88. The van der Waals surface area contributed by atoms with Crippen LogP contribution in [0.5, 0.6) is 0 Å². The number of aromatic nitrogens is 2. The van der Waals surface area contributed by atoms with E-state index in [0.29, 0.717) is 11.4 Å². The summed E-state index contributed by atoms with van der Waals surface area (Å²) in [7, 11) is 0. The van der Waals surface area contributed by atoms with Gasteiger partial charge in [-0.2, -0.15) is 0 Å². The molecule has 0 aliphatic carbocycles. The number of hydrogen-bond donors (Lipinski definition) is 6. The molecule has 0 unspecified atom stereocenters. The van der Waals surface area contributed by atoms with Gasteiger partial charge in [0.25, 0.3) is 11.8 Å². The zero-order valence-corrected chi connectivity index (χ0v) is 22.0. The Bertz CT molecular complexity index is 1280. The van der Waals surface area contributed by atoms with Crippen molar-refractivity contribution in [2.75, 3.05) is 49.9 Å². The Labute approximate surface area is 232 Å². The largest absolute Gasteiger partial charge is 0.356 e. The fraction of sp³-hybridized carbons (Fsp3) is 0.286. The van der Waals surface area contributed by atoms with Gasteiger partial charge in [0.1, 0.15) is 17.7 Å². The second-order valence-electron chi connectivity index (χ2n) is 9.26. The Morgan fingerprint density at radius 2 is 1.12 bits per heavy atom. The lowest BCUT2D eigenvalue weighted by Gasteiger charge is -2.09. The van der Waals surface area contributed by atoms with Gasteiger partial charge in [-0.15, -0.1) is 0 Å². The van der Waals surface area contributed by atoms with Crippen molar-refractivity contribution in [1.82, 2.24) is 31.2 Å². The number of hydrogen-bond acceptors (Lipinski definition) is 10. The molecule has 0 fully saturated rings. The first kappa shape index (κ1) is 26.6. The molecule has 2 aliphatic heterocycles. The minimum absolute atomic E-state index is 0.0995. The number of nitrogens with one attached hydrogen (secondary N) is 6. The molecule has 40 heavy (non-hydrogen) atoms. The Morgan fingerprint density at radius 1 is 0.675 bits per heavy atom. The van der Waals surface area contributed by atoms with Crippen LogP contribution in [0.2, 0.25) is 0 Å². The number of aliphatic imine (C=N–C) groups is 2. The first-order valence-electron chi connectivity index (χ1n) is 13.3. The summed E-state index contributed by atoms with van der Waals surface area (Å²) >= 11 is 0. The highest BCUT2D eigenvalue weighted by Crippen LogP contribution is 2.14. The average molecular weight is 541 g/mol. The number of benzene rings is 2. The fourth-order valence-corrected chi connectivity index (χ4v) is 4.19. The molecule has 3 heterocycles. The summed E-state index contributed by atoms with van der Waals surface area (Å²) in [5.74, 6) is 0.833. The lowest BCUT2D eigenvalue weighted by molar-refractivity contribution is 0.102. The summed E-state index contributed by atoms with van der Waals surface area (Å²) in [6.07, 6.45) is 2.86. The average Bonchev–Trinajstić information content (AvgIpc) is 3.70. The van der Waals surface area contributed by atoms with Crippen LogP contribution in [0.4, 0.5) is 11.4 Å². The molecular formula is C28H32N10O2. The maximum absolute atomic E-state index is 12.8. The van der Waals surface area contributed by atoms with E-state index in [2.05, 4.69) is 51.9 Å². The molecule has 0 atom stereocenters. The van der Waals surface area contributed by atoms with Gasteiger partial charge in [-0.1, -0.05) is 24.3 Å². The highest BCUT2D eigenvalue weighted by molar-refractivity contribution is 6.06. The summed E-state index contributed by atoms with van der Waals surface area (Å²) < 4.78 is 0. The van der Waals surface area contributed by atoms with Crippen molar-refractivity contribution < 1.29 is 9.59 Å². The molecular weight excluding hydrogens is 508 g/mol. The minimum atomic E-state index is -0.423. The molecule has 0 spiro atoms. The number of amides is 2. The molecule has 12 heteroatoms. The van der Waals surface area contributed by atoms with Crippen LogP contribution < -0.4 is 31.9 Å². The highest BCUT2D eigenvalue weighted by atomic mass is 16.2. The van der Waals surface area contributed by atoms with Crippen LogP contribution in [0.1, 0.15) is 32.1 Å². The maximum atomic E-state index is 12.8. The van der Waals surface area contributed by atoms with E-state index >= 15 is 0 Å².